The quantitative estimate of drug-likeness (QED) is 0.668. The number of aryl methyl sites for hydroxylation is 1. The highest BCUT2D eigenvalue weighted by Crippen LogP contribution is 2.28. The molecule has 0 aliphatic carbocycles. The van der Waals surface area contributed by atoms with Crippen molar-refractivity contribution in [2.45, 2.75) is 20.4 Å². The van der Waals surface area contributed by atoms with Gasteiger partial charge in [0.1, 0.15) is 0 Å². The molecular weight excluding hydrogens is 378 g/mol. The fourth-order valence-corrected chi connectivity index (χ4v) is 3.93. The Kier molecular flexibility index (Phi) is 7.57. The van der Waals surface area contributed by atoms with Crippen LogP contribution in [0.15, 0.2) is 42.5 Å². The summed E-state index contributed by atoms with van der Waals surface area (Å²) < 4.78 is 10.7. The van der Waals surface area contributed by atoms with E-state index in [2.05, 4.69) is 41.0 Å². The highest BCUT2D eigenvalue weighted by molar-refractivity contribution is 5.78. The van der Waals surface area contributed by atoms with Crippen LogP contribution < -0.4 is 14.4 Å². The second-order valence-corrected chi connectivity index (χ2v) is 7.65. The number of carbonyl (C=O) groups is 1. The zero-order valence-electron chi connectivity index (χ0n) is 18.6. The molecule has 0 atom stereocenters. The second kappa shape index (κ2) is 10.3. The van der Waals surface area contributed by atoms with Crippen molar-refractivity contribution in [3.63, 3.8) is 0 Å². The minimum Gasteiger partial charge on any atom is -0.493 e. The molecule has 0 radical (unpaired) electrons. The van der Waals surface area contributed by atoms with Gasteiger partial charge in [0, 0.05) is 45.0 Å². The normalized spacial score (nSPS) is 14.5. The lowest BCUT2D eigenvalue weighted by atomic mass is 10.1. The Morgan fingerprint density at radius 1 is 1.00 bits per heavy atom. The number of likely N-dealkylation sites (N-methyl/N-ethyl adjacent to an activating group) is 1. The number of hydrogen-bond acceptors (Lipinski definition) is 5. The molecule has 1 fully saturated rings. The highest BCUT2D eigenvalue weighted by Gasteiger charge is 2.22. The third kappa shape index (κ3) is 5.25. The van der Waals surface area contributed by atoms with Crippen LogP contribution in [0.2, 0.25) is 0 Å². The molecule has 0 aromatic heterocycles. The van der Waals surface area contributed by atoms with Crippen molar-refractivity contribution < 1.29 is 14.3 Å². The first-order chi connectivity index (χ1) is 14.5. The van der Waals surface area contributed by atoms with Crippen LogP contribution in [0.3, 0.4) is 0 Å². The van der Waals surface area contributed by atoms with Crippen molar-refractivity contribution in [2.75, 3.05) is 58.4 Å². The molecule has 0 bridgehead atoms. The second-order valence-electron chi connectivity index (χ2n) is 7.65. The van der Waals surface area contributed by atoms with Gasteiger partial charge in [0.05, 0.1) is 20.8 Å². The van der Waals surface area contributed by atoms with Gasteiger partial charge in [0.2, 0.25) is 5.91 Å². The van der Waals surface area contributed by atoms with Gasteiger partial charge in [-0.25, -0.2) is 0 Å². The number of anilines is 1. The Balaban J connectivity index is 1.55. The molecule has 0 unspecified atom stereocenters. The number of amides is 1. The molecule has 30 heavy (non-hydrogen) atoms. The summed E-state index contributed by atoms with van der Waals surface area (Å²) in [6.07, 6.45) is 0. The molecule has 0 N–H and O–H groups in total. The molecule has 1 amide bonds. The van der Waals surface area contributed by atoms with Crippen LogP contribution in [-0.2, 0) is 11.3 Å². The summed E-state index contributed by atoms with van der Waals surface area (Å²) in [4.78, 5) is 19.5. The predicted octanol–water partition coefficient (Wildman–Crippen LogP) is 3.18. The first-order valence-corrected chi connectivity index (χ1v) is 10.6. The van der Waals surface area contributed by atoms with Crippen LogP contribution in [0.4, 0.5) is 5.69 Å². The number of carbonyl (C=O) groups excluding carboxylic acids is 1. The maximum Gasteiger partial charge on any atom is 0.237 e. The number of methoxy groups -OCH3 is 2. The van der Waals surface area contributed by atoms with Crippen LogP contribution in [0, 0.1) is 6.92 Å². The lowest BCUT2D eigenvalue weighted by Gasteiger charge is -2.37. The molecule has 2 aromatic carbocycles. The summed E-state index contributed by atoms with van der Waals surface area (Å²) in [7, 11) is 3.25. The van der Waals surface area contributed by atoms with E-state index in [4.69, 9.17) is 9.47 Å². The number of rotatable bonds is 8. The number of nitrogens with zero attached hydrogens (tertiary/aromatic N) is 3. The average molecular weight is 412 g/mol. The number of ether oxygens (including phenoxy) is 2. The average Bonchev–Trinajstić information content (AvgIpc) is 2.78. The van der Waals surface area contributed by atoms with Crippen molar-refractivity contribution in [1.82, 2.24) is 9.80 Å². The summed E-state index contributed by atoms with van der Waals surface area (Å²) in [6.45, 7) is 9.56. The number of para-hydroxylation sites is 1. The van der Waals surface area contributed by atoms with Crippen LogP contribution in [0.5, 0.6) is 11.5 Å². The van der Waals surface area contributed by atoms with Crippen LogP contribution >= 0.6 is 0 Å². The molecule has 1 heterocycles. The summed E-state index contributed by atoms with van der Waals surface area (Å²) >= 11 is 0. The smallest absolute Gasteiger partial charge is 0.237 e. The molecule has 2 aromatic rings. The largest absolute Gasteiger partial charge is 0.493 e. The van der Waals surface area contributed by atoms with Gasteiger partial charge < -0.3 is 19.3 Å². The summed E-state index contributed by atoms with van der Waals surface area (Å²) in [6, 6.07) is 14.3. The topological polar surface area (TPSA) is 45.3 Å². The maximum absolute atomic E-state index is 12.9. The van der Waals surface area contributed by atoms with E-state index in [1.165, 1.54) is 11.3 Å². The number of benzene rings is 2. The van der Waals surface area contributed by atoms with Crippen LogP contribution in [0.1, 0.15) is 18.1 Å². The van der Waals surface area contributed by atoms with E-state index in [1.807, 2.05) is 30.0 Å². The van der Waals surface area contributed by atoms with Gasteiger partial charge >= 0.3 is 0 Å². The number of hydrogen-bond donors (Lipinski definition) is 0. The van der Waals surface area contributed by atoms with Crippen molar-refractivity contribution in [3.8, 4) is 11.5 Å². The van der Waals surface area contributed by atoms with Gasteiger partial charge in [-0.05, 0) is 43.2 Å². The molecular formula is C24H33N3O3. The van der Waals surface area contributed by atoms with Gasteiger partial charge in [-0.1, -0.05) is 24.3 Å². The van der Waals surface area contributed by atoms with Crippen molar-refractivity contribution in [3.05, 3.63) is 53.6 Å². The SMILES string of the molecule is CCN(Cc1ccc(OC)c(OC)c1)C(=O)CN1CCN(c2ccccc2C)CC1. The van der Waals surface area contributed by atoms with E-state index in [9.17, 15) is 4.79 Å². The Morgan fingerprint density at radius 2 is 1.70 bits per heavy atom. The predicted molar refractivity (Wildman–Crippen MR) is 120 cm³/mol. The van der Waals surface area contributed by atoms with Crippen molar-refractivity contribution >= 4 is 11.6 Å². The fraction of sp³-hybridized carbons (Fsp3) is 0.458. The number of piperazine rings is 1. The summed E-state index contributed by atoms with van der Waals surface area (Å²) in [5.41, 5.74) is 3.63. The molecule has 1 saturated heterocycles. The van der Waals surface area contributed by atoms with E-state index in [1.54, 1.807) is 14.2 Å². The van der Waals surface area contributed by atoms with E-state index in [0.29, 0.717) is 31.1 Å². The molecule has 0 saturated carbocycles. The Hall–Kier alpha value is -2.73. The summed E-state index contributed by atoms with van der Waals surface area (Å²) in [5.74, 6) is 1.55. The van der Waals surface area contributed by atoms with Crippen molar-refractivity contribution in [2.24, 2.45) is 0 Å². The Labute approximate surface area is 180 Å². The zero-order chi connectivity index (χ0) is 21.5. The molecule has 1 aliphatic heterocycles. The first-order valence-electron chi connectivity index (χ1n) is 10.6. The van der Waals surface area contributed by atoms with Crippen LogP contribution in [0.25, 0.3) is 0 Å². The third-order valence-corrected chi connectivity index (χ3v) is 5.74. The standard InChI is InChI=1S/C24H33N3O3/c1-5-26(17-20-10-11-22(29-3)23(16-20)30-4)24(28)18-25-12-14-27(15-13-25)21-9-7-6-8-19(21)2/h6-11,16H,5,12-15,17-18H2,1-4H3. The lowest BCUT2D eigenvalue weighted by molar-refractivity contribution is -0.132. The highest BCUT2D eigenvalue weighted by atomic mass is 16.5. The maximum atomic E-state index is 12.9. The van der Waals surface area contributed by atoms with Gasteiger partial charge in [-0.2, -0.15) is 0 Å². The molecule has 162 valence electrons. The zero-order valence-corrected chi connectivity index (χ0v) is 18.6. The summed E-state index contributed by atoms with van der Waals surface area (Å²) in [5, 5.41) is 0. The molecule has 0 spiro atoms. The van der Waals surface area contributed by atoms with Gasteiger partial charge in [-0.15, -0.1) is 0 Å². The molecule has 6 heteroatoms. The van der Waals surface area contributed by atoms with Gasteiger partial charge in [0.15, 0.2) is 11.5 Å². The molecule has 3 rings (SSSR count). The van der Waals surface area contributed by atoms with E-state index < -0.39 is 0 Å². The lowest BCUT2D eigenvalue weighted by Crippen LogP contribution is -2.50. The van der Waals surface area contributed by atoms with Gasteiger partial charge in [0.25, 0.3) is 0 Å². The van der Waals surface area contributed by atoms with Crippen molar-refractivity contribution in [1.29, 1.82) is 0 Å². The van der Waals surface area contributed by atoms with Crippen LogP contribution in [-0.4, -0.2) is 69.2 Å². The molecule has 6 nitrogen and oxygen atoms in total. The van der Waals surface area contributed by atoms with E-state index in [-0.39, 0.29) is 5.91 Å². The molecule has 1 aliphatic rings. The third-order valence-electron chi connectivity index (χ3n) is 5.74. The first kappa shape index (κ1) is 22.0. The van der Waals surface area contributed by atoms with Gasteiger partial charge in [-0.3, -0.25) is 9.69 Å². The Bertz CT molecular complexity index is 847. The van der Waals surface area contributed by atoms with E-state index >= 15 is 0 Å². The minimum absolute atomic E-state index is 0.164. The van der Waals surface area contributed by atoms with E-state index in [0.717, 1.165) is 31.7 Å². The fourth-order valence-electron chi connectivity index (χ4n) is 3.93. The Morgan fingerprint density at radius 3 is 2.33 bits per heavy atom. The monoisotopic (exact) mass is 411 g/mol. The minimum atomic E-state index is 0.164.